The number of piperazine rings is 1. The van der Waals surface area contributed by atoms with Crippen molar-refractivity contribution in [1.82, 2.24) is 24.6 Å². The van der Waals surface area contributed by atoms with Crippen LogP contribution in [-0.2, 0) is 6.42 Å². The zero-order chi connectivity index (χ0) is 26.9. The first-order chi connectivity index (χ1) is 19.0. The molecule has 1 saturated heterocycles. The van der Waals surface area contributed by atoms with Crippen molar-refractivity contribution in [3.8, 4) is 5.69 Å². The quantitative estimate of drug-likeness (QED) is 0.322. The van der Waals surface area contributed by atoms with E-state index in [1.54, 1.807) is 17.0 Å². The summed E-state index contributed by atoms with van der Waals surface area (Å²) in [5.74, 6) is 0.754. The van der Waals surface area contributed by atoms with Crippen molar-refractivity contribution in [2.24, 2.45) is 0 Å². The van der Waals surface area contributed by atoms with Crippen molar-refractivity contribution in [3.63, 3.8) is 0 Å². The first-order valence-corrected chi connectivity index (χ1v) is 13.1. The molecule has 5 aromatic rings. The van der Waals surface area contributed by atoms with Crippen LogP contribution in [0.25, 0.3) is 16.7 Å². The first kappa shape index (κ1) is 24.7. The minimum Gasteiger partial charge on any atom is -0.352 e. The smallest absolute Gasteiger partial charge is 0.256 e. The normalized spacial score (nSPS) is 13.7. The fourth-order valence-corrected chi connectivity index (χ4v) is 5.08. The van der Waals surface area contributed by atoms with Crippen LogP contribution >= 0.6 is 0 Å². The van der Waals surface area contributed by atoms with Crippen molar-refractivity contribution in [2.75, 3.05) is 31.1 Å². The van der Waals surface area contributed by atoms with Crippen LogP contribution in [0.2, 0.25) is 0 Å². The van der Waals surface area contributed by atoms with Gasteiger partial charge in [-0.25, -0.2) is 19.0 Å². The number of aromatic nitrogens is 4. The highest BCUT2D eigenvalue weighted by Gasteiger charge is 2.27. The Bertz CT molecular complexity index is 1640. The number of para-hydroxylation sites is 1. The van der Waals surface area contributed by atoms with E-state index in [0.29, 0.717) is 38.4 Å². The number of carbonyl (C=O) groups excluding carboxylic acids is 1. The molecular weight excluding hydrogens is 491 g/mol. The van der Waals surface area contributed by atoms with Gasteiger partial charge in [0.15, 0.2) is 5.65 Å². The Balaban J connectivity index is 1.36. The second-order valence-electron chi connectivity index (χ2n) is 9.92. The predicted molar refractivity (Wildman–Crippen MR) is 150 cm³/mol. The molecule has 0 saturated carbocycles. The van der Waals surface area contributed by atoms with E-state index in [9.17, 15) is 9.18 Å². The molecule has 39 heavy (non-hydrogen) atoms. The molecule has 0 spiro atoms. The van der Waals surface area contributed by atoms with Gasteiger partial charge in [0.05, 0.1) is 22.3 Å². The maximum atomic E-state index is 14.3. The van der Waals surface area contributed by atoms with Crippen LogP contribution in [0, 0.1) is 19.7 Å². The van der Waals surface area contributed by atoms with Gasteiger partial charge in [0.2, 0.25) is 0 Å². The topological polar surface area (TPSA) is 67.2 Å². The molecule has 196 valence electrons. The molecular formula is C31H29FN6O. The van der Waals surface area contributed by atoms with Crippen LogP contribution in [0.1, 0.15) is 33.0 Å². The molecule has 0 aliphatic carbocycles. The second kappa shape index (κ2) is 10.3. The summed E-state index contributed by atoms with van der Waals surface area (Å²) in [7, 11) is 0. The summed E-state index contributed by atoms with van der Waals surface area (Å²) in [6.07, 6.45) is 0.591. The number of carbonyl (C=O) groups is 1. The van der Waals surface area contributed by atoms with Gasteiger partial charge in [-0.3, -0.25) is 4.79 Å². The number of rotatable bonds is 5. The second-order valence-corrected chi connectivity index (χ2v) is 9.92. The number of benzene rings is 3. The van der Waals surface area contributed by atoms with Gasteiger partial charge in [-0.05, 0) is 43.7 Å². The van der Waals surface area contributed by atoms with Gasteiger partial charge in [0.1, 0.15) is 17.5 Å². The Morgan fingerprint density at radius 3 is 2.26 bits per heavy atom. The molecule has 0 N–H and O–H groups in total. The van der Waals surface area contributed by atoms with Crippen LogP contribution in [0.4, 0.5) is 10.2 Å². The Morgan fingerprint density at radius 2 is 1.54 bits per heavy atom. The number of fused-ring (bicyclic) bond motifs is 1. The lowest BCUT2D eigenvalue weighted by molar-refractivity contribution is 0.0742. The molecule has 3 heterocycles. The van der Waals surface area contributed by atoms with Gasteiger partial charge in [0.25, 0.3) is 5.91 Å². The molecule has 1 aliphatic rings. The number of nitrogens with zero attached hydrogens (tertiary/aromatic N) is 6. The van der Waals surface area contributed by atoms with Crippen molar-refractivity contribution in [2.45, 2.75) is 20.3 Å². The third kappa shape index (κ3) is 4.85. The zero-order valence-electron chi connectivity index (χ0n) is 22.0. The average molecular weight is 521 g/mol. The lowest BCUT2D eigenvalue weighted by Crippen LogP contribution is -2.49. The minimum absolute atomic E-state index is 0.107. The summed E-state index contributed by atoms with van der Waals surface area (Å²) >= 11 is 0. The predicted octanol–water partition coefficient (Wildman–Crippen LogP) is 5.12. The summed E-state index contributed by atoms with van der Waals surface area (Å²) in [5.41, 5.74) is 4.98. The van der Waals surface area contributed by atoms with E-state index in [2.05, 4.69) is 36.1 Å². The third-order valence-electron chi connectivity index (χ3n) is 7.18. The summed E-state index contributed by atoms with van der Waals surface area (Å²) < 4.78 is 16.1. The van der Waals surface area contributed by atoms with E-state index in [1.165, 1.54) is 17.7 Å². The number of hydrogen-bond donors (Lipinski definition) is 0. The lowest BCUT2D eigenvalue weighted by atomic mass is 10.1. The molecule has 0 atom stereocenters. The fraction of sp³-hybridized carbons (Fsp3) is 0.226. The molecule has 0 bridgehead atoms. The summed E-state index contributed by atoms with van der Waals surface area (Å²) in [4.78, 5) is 26.9. The van der Waals surface area contributed by atoms with Gasteiger partial charge in [-0.2, -0.15) is 5.10 Å². The zero-order valence-corrected chi connectivity index (χ0v) is 22.0. The monoisotopic (exact) mass is 520 g/mol. The van der Waals surface area contributed by atoms with Crippen LogP contribution in [0.15, 0.2) is 78.9 Å². The van der Waals surface area contributed by atoms with Crippen LogP contribution < -0.4 is 4.90 Å². The summed E-state index contributed by atoms with van der Waals surface area (Å²) in [5, 5.41) is 5.75. The van der Waals surface area contributed by atoms with Crippen molar-refractivity contribution >= 4 is 22.8 Å². The maximum absolute atomic E-state index is 14.3. The lowest BCUT2D eigenvalue weighted by Gasteiger charge is -2.36. The molecule has 1 amide bonds. The number of aryl methyl sites for hydroxylation is 2. The van der Waals surface area contributed by atoms with E-state index in [0.717, 1.165) is 33.8 Å². The number of hydrogen-bond acceptors (Lipinski definition) is 5. The fourth-order valence-electron chi connectivity index (χ4n) is 5.08. The van der Waals surface area contributed by atoms with Gasteiger partial charge in [0, 0.05) is 32.6 Å². The third-order valence-corrected chi connectivity index (χ3v) is 7.18. The molecule has 1 aliphatic heterocycles. The van der Waals surface area contributed by atoms with E-state index in [1.807, 2.05) is 41.9 Å². The Labute approximate surface area is 226 Å². The van der Waals surface area contributed by atoms with E-state index in [-0.39, 0.29) is 11.5 Å². The molecule has 8 heteroatoms. The number of amides is 1. The Morgan fingerprint density at radius 1 is 0.846 bits per heavy atom. The van der Waals surface area contributed by atoms with Crippen molar-refractivity contribution in [3.05, 3.63) is 113 Å². The highest BCUT2D eigenvalue weighted by atomic mass is 19.1. The van der Waals surface area contributed by atoms with Crippen LogP contribution in [0.5, 0.6) is 0 Å². The highest BCUT2D eigenvalue weighted by molar-refractivity contribution is 5.95. The number of anilines is 1. The summed E-state index contributed by atoms with van der Waals surface area (Å²) in [6.45, 7) is 6.14. The van der Waals surface area contributed by atoms with Gasteiger partial charge >= 0.3 is 0 Å². The van der Waals surface area contributed by atoms with E-state index >= 15 is 0 Å². The first-order valence-electron chi connectivity index (χ1n) is 13.1. The van der Waals surface area contributed by atoms with E-state index in [4.69, 9.17) is 15.1 Å². The Hall–Kier alpha value is -4.59. The molecule has 7 nitrogen and oxygen atoms in total. The van der Waals surface area contributed by atoms with Crippen LogP contribution in [0.3, 0.4) is 0 Å². The summed E-state index contributed by atoms with van der Waals surface area (Å²) in [6, 6.07) is 24.5. The molecule has 1 fully saturated rings. The van der Waals surface area contributed by atoms with Crippen molar-refractivity contribution < 1.29 is 9.18 Å². The number of halogens is 1. The standard InChI is InChI=1S/C31H29FN6O/c1-21-12-14-23(15-13-21)20-27-33-29(28-22(2)35-38(30(28)34-27)24-8-4-3-5-9-24)36-16-18-37(19-17-36)31(39)25-10-6-7-11-26(25)32/h3-15H,16-20H2,1-2H3. The molecule has 0 unspecified atom stereocenters. The van der Waals surface area contributed by atoms with Crippen molar-refractivity contribution in [1.29, 1.82) is 0 Å². The van der Waals surface area contributed by atoms with E-state index < -0.39 is 5.82 Å². The molecule has 6 rings (SSSR count). The molecule has 2 aromatic heterocycles. The van der Waals surface area contributed by atoms with Gasteiger partial charge in [-0.15, -0.1) is 0 Å². The highest BCUT2D eigenvalue weighted by Crippen LogP contribution is 2.30. The van der Waals surface area contributed by atoms with Gasteiger partial charge in [-0.1, -0.05) is 60.2 Å². The SMILES string of the molecule is Cc1ccc(Cc2nc(N3CCN(C(=O)c4ccccc4F)CC3)c3c(C)nn(-c4ccccc4)c3n2)cc1. The Kier molecular flexibility index (Phi) is 6.52. The maximum Gasteiger partial charge on any atom is 0.256 e. The van der Waals surface area contributed by atoms with Gasteiger partial charge < -0.3 is 9.80 Å². The molecule has 0 radical (unpaired) electrons. The molecule has 3 aromatic carbocycles. The average Bonchev–Trinajstić information content (AvgIpc) is 3.30. The minimum atomic E-state index is -0.493. The largest absolute Gasteiger partial charge is 0.352 e. The van der Waals surface area contributed by atoms with Crippen LogP contribution in [-0.4, -0.2) is 56.7 Å².